The highest BCUT2D eigenvalue weighted by Gasteiger charge is 2.18. The molecule has 2 heterocycles. The zero-order valence-electron chi connectivity index (χ0n) is 11.1. The smallest absolute Gasteiger partial charge is 0.228 e. The lowest BCUT2D eigenvalue weighted by Gasteiger charge is -2.26. The van der Waals surface area contributed by atoms with Crippen molar-refractivity contribution in [1.29, 1.82) is 0 Å². The molecule has 0 atom stereocenters. The van der Waals surface area contributed by atoms with Gasteiger partial charge in [0.15, 0.2) is 5.76 Å². The Hall–Kier alpha value is -2.14. The first-order valence-corrected chi connectivity index (χ1v) is 6.69. The van der Waals surface area contributed by atoms with Gasteiger partial charge >= 0.3 is 0 Å². The van der Waals surface area contributed by atoms with Crippen molar-refractivity contribution in [2.75, 3.05) is 26.3 Å². The Balaban J connectivity index is 1.66. The summed E-state index contributed by atoms with van der Waals surface area (Å²) in [6, 6.07) is 11.6. The summed E-state index contributed by atoms with van der Waals surface area (Å²) in [6.07, 6.45) is 0.274. The van der Waals surface area contributed by atoms with Gasteiger partial charge in [0.1, 0.15) is 0 Å². The molecular formula is C15H16N2O3. The minimum absolute atomic E-state index is 0.0706. The molecule has 0 N–H and O–H groups in total. The summed E-state index contributed by atoms with van der Waals surface area (Å²) >= 11 is 0. The number of hydrogen-bond acceptors (Lipinski definition) is 4. The van der Waals surface area contributed by atoms with Gasteiger partial charge in [0.25, 0.3) is 0 Å². The van der Waals surface area contributed by atoms with Crippen molar-refractivity contribution in [2.24, 2.45) is 0 Å². The fraction of sp³-hybridized carbons (Fsp3) is 0.333. The predicted octanol–water partition coefficient (Wildman–Crippen LogP) is 1.74. The molecule has 0 radical (unpaired) electrons. The van der Waals surface area contributed by atoms with Gasteiger partial charge in [-0.1, -0.05) is 35.5 Å². The van der Waals surface area contributed by atoms with E-state index >= 15 is 0 Å². The summed E-state index contributed by atoms with van der Waals surface area (Å²) in [4.78, 5) is 13.9. The predicted molar refractivity (Wildman–Crippen MR) is 73.0 cm³/mol. The second-order valence-corrected chi connectivity index (χ2v) is 4.72. The molecule has 1 amide bonds. The maximum Gasteiger partial charge on any atom is 0.228 e. The molecule has 1 aliphatic heterocycles. The molecule has 20 heavy (non-hydrogen) atoms. The van der Waals surface area contributed by atoms with E-state index in [0.29, 0.717) is 37.8 Å². The van der Waals surface area contributed by atoms with Crippen LogP contribution in [-0.4, -0.2) is 42.3 Å². The van der Waals surface area contributed by atoms with Crippen molar-refractivity contribution in [2.45, 2.75) is 6.42 Å². The summed E-state index contributed by atoms with van der Waals surface area (Å²) in [6.45, 7) is 2.53. The monoisotopic (exact) mass is 272 g/mol. The Kier molecular flexibility index (Phi) is 3.78. The van der Waals surface area contributed by atoms with Gasteiger partial charge in [-0.15, -0.1) is 0 Å². The van der Waals surface area contributed by atoms with Crippen LogP contribution in [0.25, 0.3) is 11.3 Å². The van der Waals surface area contributed by atoms with E-state index in [9.17, 15) is 4.79 Å². The Bertz CT molecular complexity index is 574. The van der Waals surface area contributed by atoms with E-state index in [1.165, 1.54) is 0 Å². The minimum atomic E-state index is 0.0706. The van der Waals surface area contributed by atoms with Crippen molar-refractivity contribution in [3.8, 4) is 11.3 Å². The molecule has 5 nitrogen and oxygen atoms in total. The molecule has 0 saturated carbocycles. The summed E-state index contributed by atoms with van der Waals surface area (Å²) in [5.74, 6) is 0.761. The molecule has 1 saturated heterocycles. The zero-order valence-corrected chi connectivity index (χ0v) is 11.1. The molecule has 1 fully saturated rings. The SMILES string of the molecule is O=C(Cc1cc(-c2ccccc2)on1)N1CCOCC1. The van der Waals surface area contributed by atoms with Crippen molar-refractivity contribution in [3.05, 3.63) is 42.1 Å². The van der Waals surface area contributed by atoms with Crippen molar-refractivity contribution < 1.29 is 14.1 Å². The number of carbonyl (C=O) groups is 1. The van der Waals surface area contributed by atoms with Gasteiger partial charge in [-0.3, -0.25) is 4.79 Å². The molecule has 0 bridgehead atoms. The lowest BCUT2D eigenvalue weighted by molar-refractivity contribution is -0.134. The zero-order chi connectivity index (χ0) is 13.8. The Morgan fingerprint density at radius 1 is 1.20 bits per heavy atom. The molecule has 2 aromatic rings. The third-order valence-corrected chi connectivity index (χ3v) is 3.31. The van der Waals surface area contributed by atoms with Crippen LogP contribution >= 0.6 is 0 Å². The number of ether oxygens (including phenoxy) is 1. The summed E-state index contributed by atoms with van der Waals surface area (Å²) in [5, 5.41) is 3.97. The van der Waals surface area contributed by atoms with Crippen molar-refractivity contribution >= 4 is 5.91 Å². The fourth-order valence-corrected chi connectivity index (χ4v) is 2.21. The number of aromatic nitrogens is 1. The molecule has 104 valence electrons. The number of carbonyl (C=O) groups excluding carboxylic acids is 1. The van der Waals surface area contributed by atoms with E-state index in [2.05, 4.69) is 5.16 Å². The molecule has 0 spiro atoms. The number of nitrogens with zero attached hydrogens (tertiary/aromatic N) is 2. The number of amides is 1. The topological polar surface area (TPSA) is 55.6 Å². The first kappa shape index (κ1) is 12.9. The van der Waals surface area contributed by atoms with Gasteiger partial charge in [-0.2, -0.15) is 0 Å². The minimum Gasteiger partial charge on any atom is -0.378 e. The van der Waals surface area contributed by atoms with Crippen LogP contribution < -0.4 is 0 Å². The van der Waals surface area contributed by atoms with E-state index in [0.717, 1.165) is 5.56 Å². The average Bonchev–Trinajstić information content (AvgIpc) is 2.97. The van der Waals surface area contributed by atoms with Crippen LogP contribution in [0, 0.1) is 0 Å². The fourth-order valence-electron chi connectivity index (χ4n) is 2.21. The second kappa shape index (κ2) is 5.88. The molecule has 0 unspecified atom stereocenters. The Morgan fingerprint density at radius 3 is 2.70 bits per heavy atom. The quantitative estimate of drug-likeness (QED) is 0.854. The van der Waals surface area contributed by atoms with Gasteiger partial charge < -0.3 is 14.2 Å². The lowest BCUT2D eigenvalue weighted by atomic mass is 10.1. The molecule has 1 aromatic heterocycles. The normalized spacial score (nSPS) is 15.3. The maximum atomic E-state index is 12.1. The number of rotatable bonds is 3. The largest absolute Gasteiger partial charge is 0.378 e. The third-order valence-electron chi connectivity index (χ3n) is 3.31. The van der Waals surface area contributed by atoms with Crippen LogP contribution in [0.4, 0.5) is 0 Å². The molecule has 1 aromatic carbocycles. The second-order valence-electron chi connectivity index (χ2n) is 4.72. The van der Waals surface area contributed by atoms with Gasteiger partial charge in [0.2, 0.25) is 5.91 Å². The van der Waals surface area contributed by atoms with E-state index in [-0.39, 0.29) is 12.3 Å². The molecular weight excluding hydrogens is 256 g/mol. The summed E-state index contributed by atoms with van der Waals surface area (Å²) < 4.78 is 10.5. The Labute approximate surface area is 117 Å². The highest BCUT2D eigenvalue weighted by atomic mass is 16.5. The summed E-state index contributed by atoms with van der Waals surface area (Å²) in [7, 11) is 0. The number of morpholine rings is 1. The van der Waals surface area contributed by atoms with Crippen LogP contribution in [0.15, 0.2) is 40.9 Å². The van der Waals surface area contributed by atoms with Crippen LogP contribution in [0.5, 0.6) is 0 Å². The van der Waals surface area contributed by atoms with Crippen LogP contribution in [0.1, 0.15) is 5.69 Å². The van der Waals surface area contributed by atoms with E-state index < -0.39 is 0 Å². The summed E-state index contributed by atoms with van der Waals surface area (Å²) in [5.41, 5.74) is 1.63. The molecule has 0 aliphatic carbocycles. The highest BCUT2D eigenvalue weighted by molar-refractivity contribution is 5.78. The van der Waals surface area contributed by atoms with Crippen LogP contribution in [0.2, 0.25) is 0 Å². The average molecular weight is 272 g/mol. The van der Waals surface area contributed by atoms with Crippen LogP contribution in [-0.2, 0) is 16.0 Å². The van der Waals surface area contributed by atoms with E-state index in [1.807, 2.05) is 36.4 Å². The van der Waals surface area contributed by atoms with Gasteiger partial charge in [-0.25, -0.2) is 0 Å². The Morgan fingerprint density at radius 2 is 1.95 bits per heavy atom. The molecule has 1 aliphatic rings. The van der Waals surface area contributed by atoms with E-state index in [1.54, 1.807) is 4.90 Å². The van der Waals surface area contributed by atoms with E-state index in [4.69, 9.17) is 9.26 Å². The molecule has 3 rings (SSSR count). The van der Waals surface area contributed by atoms with Gasteiger partial charge in [0.05, 0.1) is 25.3 Å². The first-order chi connectivity index (χ1) is 9.83. The number of hydrogen-bond donors (Lipinski definition) is 0. The van der Waals surface area contributed by atoms with Gasteiger partial charge in [0, 0.05) is 24.7 Å². The lowest BCUT2D eigenvalue weighted by Crippen LogP contribution is -2.41. The molecule has 5 heteroatoms. The van der Waals surface area contributed by atoms with Crippen molar-refractivity contribution in [1.82, 2.24) is 10.1 Å². The number of benzene rings is 1. The third kappa shape index (κ3) is 2.88. The standard InChI is InChI=1S/C15H16N2O3/c18-15(17-6-8-19-9-7-17)11-13-10-14(20-16-13)12-4-2-1-3-5-12/h1-5,10H,6-9,11H2. The maximum absolute atomic E-state index is 12.1. The van der Waals surface area contributed by atoms with Gasteiger partial charge in [-0.05, 0) is 0 Å². The van der Waals surface area contributed by atoms with Crippen molar-refractivity contribution in [3.63, 3.8) is 0 Å². The first-order valence-electron chi connectivity index (χ1n) is 6.69. The van der Waals surface area contributed by atoms with Crippen LogP contribution in [0.3, 0.4) is 0 Å². The highest BCUT2D eigenvalue weighted by Crippen LogP contribution is 2.20.